The molecular weight excluding hydrogens is 228 g/mol. The van der Waals surface area contributed by atoms with Crippen LogP contribution in [0.5, 0.6) is 0 Å². The molecule has 0 amide bonds. The summed E-state index contributed by atoms with van der Waals surface area (Å²) < 4.78 is 0. The molecule has 0 aromatic rings. The van der Waals surface area contributed by atoms with E-state index in [0.717, 1.165) is 5.92 Å². The molecule has 0 spiro atoms. The lowest BCUT2D eigenvalue weighted by Gasteiger charge is -2.15. The zero-order valence-electron chi connectivity index (χ0n) is 13.9. The van der Waals surface area contributed by atoms with Crippen LogP contribution in [0.1, 0.15) is 104 Å². The molecule has 0 N–H and O–H groups in total. The highest BCUT2D eigenvalue weighted by Gasteiger charge is 2.06. The van der Waals surface area contributed by atoms with Crippen molar-refractivity contribution in [3.05, 3.63) is 12.2 Å². The molecule has 0 aliphatic carbocycles. The Labute approximate surface area is 123 Å². The first-order valence-electron chi connectivity index (χ1n) is 9.00. The molecule has 0 heterocycles. The molecule has 0 nitrogen and oxygen atoms in total. The number of hydrogen-bond acceptors (Lipinski definition) is 0. The van der Waals surface area contributed by atoms with E-state index in [9.17, 15) is 0 Å². The quantitative estimate of drug-likeness (QED) is 0.229. The van der Waals surface area contributed by atoms with Crippen molar-refractivity contribution in [2.45, 2.75) is 104 Å². The van der Waals surface area contributed by atoms with E-state index in [1.807, 2.05) is 0 Å². The van der Waals surface area contributed by atoms with Gasteiger partial charge < -0.3 is 0 Å². The van der Waals surface area contributed by atoms with Gasteiger partial charge in [-0.15, -0.1) is 0 Å². The van der Waals surface area contributed by atoms with E-state index in [0.29, 0.717) is 0 Å². The lowest BCUT2D eigenvalue weighted by Crippen LogP contribution is -2.00. The zero-order valence-corrected chi connectivity index (χ0v) is 13.9. The van der Waals surface area contributed by atoms with Gasteiger partial charge in [0.2, 0.25) is 0 Å². The van der Waals surface area contributed by atoms with Gasteiger partial charge in [-0.2, -0.15) is 0 Å². The maximum absolute atomic E-state index is 2.40. The fourth-order valence-corrected chi connectivity index (χ4v) is 2.78. The van der Waals surface area contributed by atoms with E-state index >= 15 is 0 Å². The maximum Gasteiger partial charge on any atom is -0.0351 e. The van der Waals surface area contributed by atoms with Gasteiger partial charge in [0, 0.05) is 0 Å². The van der Waals surface area contributed by atoms with Crippen LogP contribution in [0.2, 0.25) is 0 Å². The molecule has 0 aromatic heterocycles. The van der Waals surface area contributed by atoms with E-state index < -0.39 is 0 Å². The van der Waals surface area contributed by atoms with E-state index in [1.54, 1.807) is 0 Å². The molecule has 1 unspecified atom stereocenters. The standard InChI is InChI=1S/C19H38/c1-4-7-9-10-11-12-13-15-18-19(16-6-3)17-14-8-5-2/h10-11,19H,4-9,12-18H2,1-3H3. The summed E-state index contributed by atoms with van der Waals surface area (Å²) in [5.41, 5.74) is 0. The highest BCUT2D eigenvalue weighted by atomic mass is 14.1. The van der Waals surface area contributed by atoms with Crippen LogP contribution in [0, 0.1) is 5.92 Å². The van der Waals surface area contributed by atoms with E-state index in [4.69, 9.17) is 0 Å². The molecule has 1 atom stereocenters. The minimum absolute atomic E-state index is 1.01. The van der Waals surface area contributed by atoms with Gasteiger partial charge in [0.05, 0.1) is 0 Å². The molecule has 0 aliphatic rings. The second-order valence-corrected chi connectivity index (χ2v) is 6.05. The van der Waals surface area contributed by atoms with Gasteiger partial charge in [-0.25, -0.2) is 0 Å². The Bertz CT molecular complexity index is 180. The minimum Gasteiger partial charge on any atom is -0.0885 e. The highest BCUT2D eigenvalue weighted by molar-refractivity contribution is 4.81. The van der Waals surface area contributed by atoms with Gasteiger partial charge in [-0.1, -0.05) is 97.1 Å². The summed E-state index contributed by atoms with van der Waals surface area (Å²) in [6, 6.07) is 0. The summed E-state index contributed by atoms with van der Waals surface area (Å²) in [6.07, 6.45) is 22.9. The van der Waals surface area contributed by atoms with Gasteiger partial charge in [0.15, 0.2) is 0 Å². The monoisotopic (exact) mass is 266 g/mol. The molecule has 0 aliphatic heterocycles. The first-order valence-corrected chi connectivity index (χ1v) is 9.00. The zero-order chi connectivity index (χ0) is 14.2. The van der Waals surface area contributed by atoms with Gasteiger partial charge in [0.1, 0.15) is 0 Å². The van der Waals surface area contributed by atoms with Crippen LogP contribution < -0.4 is 0 Å². The fourth-order valence-electron chi connectivity index (χ4n) is 2.78. The van der Waals surface area contributed by atoms with E-state index in [1.165, 1.54) is 83.5 Å². The van der Waals surface area contributed by atoms with Gasteiger partial charge in [-0.05, 0) is 25.2 Å². The molecule has 0 saturated heterocycles. The number of allylic oxidation sites excluding steroid dienone is 2. The maximum atomic E-state index is 2.40. The van der Waals surface area contributed by atoms with Crippen molar-refractivity contribution in [3.63, 3.8) is 0 Å². The third-order valence-electron chi connectivity index (χ3n) is 4.04. The summed E-state index contributed by atoms with van der Waals surface area (Å²) in [5.74, 6) is 1.01. The molecule has 0 radical (unpaired) electrons. The molecular formula is C19H38. The SMILES string of the molecule is CCCCC=CCCCCC(CCC)CCCCC. The summed E-state index contributed by atoms with van der Waals surface area (Å²) in [5, 5.41) is 0. The molecule has 0 bridgehead atoms. The van der Waals surface area contributed by atoms with E-state index in [2.05, 4.69) is 32.9 Å². The number of unbranched alkanes of at least 4 members (excludes halogenated alkanes) is 6. The predicted octanol–water partition coefficient (Wildman–Crippen LogP) is 7.29. The third-order valence-corrected chi connectivity index (χ3v) is 4.04. The minimum atomic E-state index is 1.01. The average Bonchev–Trinajstić information content (AvgIpc) is 2.42. The smallest absolute Gasteiger partial charge is 0.0351 e. The van der Waals surface area contributed by atoms with Crippen molar-refractivity contribution in [2.24, 2.45) is 5.92 Å². The van der Waals surface area contributed by atoms with Crippen LogP contribution >= 0.6 is 0 Å². The van der Waals surface area contributed by atoms with Crippen LogP contribution in [-0.4, -0.2) is 0 Å². The van der Waals surface area contributed by atoms with Crippen molar-refractivity contribution in [3.8, 4) is 0 Å². The summed E-state index contributed by atoms with van der Waals surface area (Å²) in [6.45, 7) is 6.91. The Morgan fingerprint density at radius 2 is 1.16 bits per heavy atom. The van der Waals surface area contributed by atoms with Crippen molar-refractivity contribution in [1.82, 2.24) is 0 Å². The van der Waals surface area contributed by atoms with E-state index in [-0.39, 0.29) is 0 Å². The van der Waals surface area contributed by atoms with Crippen LogP contribution in [0.4, 0.5) is 0 Å². The topological polar surface area (TPSA) is 0 Å². The summed E-state index contributed by atoms with van der Waals surface area (Å²) >= 11 is 0. The second kappa shape index (κ2) is 15.8. The van der Waals surface area contributed by atoms with Gasteiger partial charge in [0.25, 0.3) is 0 Å². The molecule has 0 saturated carbocycles. The molecule has 114 valence electrons. The Morgan fingerprint density at radius 3 is 1.74 bits per heavy atom. The Balaban J connectivity index is 3.49. The lowest BCUT2D eigenvalue weighted by atomic mass is 9.91. The first-order chi connectivity index (χ1) is 9.35. The molecule has 0 aromatic carbocycles. The molecule has 19 heavy (non-hydrogen) atoms. The normalized spacial score (nSPS) is 13.2. The fraction of sp³-hybridized carbons (Fsp3) is 0.895. The van der Waals surface area contributed by atoms with Crippen LogP contribution in [0.15, 0.2) is 12.2 Å². The van der Waals surface area contributed by atoms with Crippen molar-refractivity contribution in [2.75, 3.05) is 0 Å². The Kier molecular flexibility index (Phi) is 15.6. The largest absolute Gasteiger partial charge is 0.0885 e. The van der Waals surface area contributed by atoms with Gasteiger partial charge >= 0.3 is 0 Å². The van der Waals surface area contributed by atoms with Gasteiger partial charge in [-0.3, -0.25) is 0 Å². The molecule has 0 fully saturated rings. The Hall–Kier alpha value is -0.260. The van der Waals surface area contributed by atoms with Crippen molar-refractivity contribution < 1.29 is 0 Å². The second-order valence-electron chi connectivity index (χ2n) is 6.05. The predicted molar refractivity (Wildman–Crippen MR) is 89.7 cm³/mol. The summed E-state index contributed by atoms with van der Waals surface area (Å²) in [4.78, 5) is 0. The molecule has 0 rings (SSSR count). The average molecular weight is 267 g/mol. The molecule has 0 heteroatoms. The number of rotatable bonds is 14. The summed E-state index contributed by atoms with van der Waals surface area (Å²) in [7, 11) is 0. The van der Waals surface area contributed by atoms with Crippen LogP contribution in [0.3, 0.4) is 0 Å². The van der Waals surface area contributed by atoms with Crippen molar-refractivity contribution in [1.29, 1.82) is 0 Å². The number of hydrogen-bond donors (Lipinski definition) is 0. The first kappa shape index (κ1) is 18.7. The highest BCUT2D eigenvalue weighted by Crippen LogP contribution is 2.22. The van der Waals surface area contributed by atoms with Crippen LogP contribution in [-0.2, 0) is 0 Å². The van der Waals surface area contributed by atoms with Crippen LogP contribution in [0.25, 0.3) is 0 Å². The third kappa shape index (κ3) is 14.0. The van der Waals surface area contributed by atoms with Crippen molar-refractivity contribution >= 4 is 0 Å². The Morgan fingerprint density at radius 1 is 0.579 bits per heavy atom. The lowest BCUT2D eigenvalue weighted by molar-refractivity contribution is 0.384.